The van der Waals surface area contributed by atoms with Gasteiger partial charge in [0.05, 0.1) is 0 Å². The van der Waals surface area contributed by atoms with Gasteiger partial charge in [-0.1, -0.05) is 22.6 Å². The quantitative estimate of drug-likeness (QED) is 0.609. The molecule has 0 aromatic carbocycles. The van der Waals surface area contributed by atoms with Crippen LogP contribution >= 0.6 is 22.6 Å². The van der Waals surface area contributed by atoms with Crippen LogP contribution in [0.5, 0.6) is 0 Å². The van der Waals surface area contributed by atoms with Crippen molar-refractivity contribution in [2.75, 3.05) is 4.43 Å². The predicted molar refractivity (Wildman–Crippen MR) is 64.3 cm³/mol. The molecule has 0 saturated carbocycles. The van der Waals surface area contributed by atoms with Gasteiger partial charge in [-0.3, -0.25) is 0 Å². The molecule has 5 nitrogen and oxygen atoms in total. The lowest BCUT2D eigenvalue weighted by atomic mass is 10.2. The van der Waals surface area contributed by atoms with Crippen molar-refractivity contribution >= 4 is 34.7 Å². The molecule has 2 N–H and O–H groups in total. The Morgan fingerprint density at radius 3 is 2.33 bits per heavy atom. The van der Waals surface area contributed by atoms with E-state index in [9.17, 15) is 9.59 Å². The van der Waals surface area contributed by atoms with Gasteiger partial charge in [-0.05, 0) is 27.2 Å². The SMILES string of the molecule is CC(C)(C)OC(=O)N[C@@H](CCI)C(=O)O. The first-order chi connectivity index (χ1) is 6.76. The highest BCUT2D eigenvalue weighted by Crippen LogP contribution is 2.07. The second-order valence-electron chi connectivity index (χ2n) is 4.01. The lowest BCUT2D eigenvalue weighted by Crippen LogP contribution is -2.43. The summed E-state index contributed by atoms with van der Waals surface area (Å²) >= 11 is 2.06. The number of halogens is 1. The average molecular weight is 329 g/mol. The van der Waals surface area contributed by atoms with Crippen LogP contribution in [0.4, 0.5) is 4.79 Å². The molecule has 0 fully saturated rings. The second-order valence-corrected chi connectivity index (χ2v) is 5.09. The molecule has 0 heterocycles. The van der Waals surface area contributed by atoms with E-state index in [0.717, 1.165) is 0 Å². The number of rotatable bonds is 4. The molecule has 0 aromatic rings. The van der Waals surface area contributed by atoms with Gasteiger partial charge in [0.2, 0.25) is 0 Å². The average Bonchev–Trinajstić information content (AvgIpc) is 1.99. The second kappa shape index (κ2) is 6.14. The summed E-state index contributed by atoms with van der Waals surface area (Å²) in [5, 5.41) is 11.1. The fourth-order valence-electron chi connectivity index (χ4n) is 0.816. The number of aliphatic carboxylic acids is 1. The maximum absolute atomic E-state index is 11.2. The van der Waals surface area contributed by atoms with Gasteiger partial charge in [0.1, 0.15) is 11.6 Å². The number of carboxylic acids is 1. The number of ether oxygens (including phenoxy) is 1. The maximum Gasteiger partial charge on any atom is 0.408 e. The van der Waals surface area contributed by atoms with Gasteiger partial charge >= 0.3 is 12.1 Å². The van der Waals surface area contributed by atoms with Crippen molar-refractivity contribution in [3.63, 3.8) is 0 Å². The molecule has 0 bridgehead atoms. The highest BCUT2D eigenvalue weighted by atomic mass is 127. The number of nitrogens with one attached hydrogen (secondary N) is 1. The first-order valence-corrected chi connectivity index (χ1v) is 6.07. The minimum atomic E-state index is -1.04. The van der Waals surface area contributed by atoms with Gasteiger partial charge in [-0.2, -0.15) is 0 Å². The number of carbonyl (C=O) groups excluding carboxylic acids is 1. The van der Waals surface area contributed by atoms with Crippen molar-refractivity contribution < 1.29 is 19.4 Å². The molecule has 88 valence electrons. The molecule has 0 spiro atoms. The molecular weight excluding hydrogens is 313 g/mol. The molecule has 0 radical (unpaired) electrons. The largest absolute Gasteiger partial charge is 0.480 e. The summed E-state index contributed by atoms with van der Waals surface area (Å²) in [5.74, 6) is -1.04. The van der Waals surface area contributed by atoms with Gasteiger partial charge in [0, 0.05) is 4.43 Å². The fourth-order valence-corrected chi connectivity index (χ4v) is 1.44. The highest BCUT2D eigenvalue weighted by molar-refractivity contribution is 14.1. The van der Waals surface area contributed by atoms with E-state index in [1.165, 1.54) is 0 Å². The van der Waals surface area contributed by atoms with Gasteiger partial charge < -0.3 is 15.2 Å². The van der Waals surface area contributed by atoms with E-state index >= 15 is 0 Å². The molecule has 0 rings (SSSR count). The molecular formula is C9H16INO4. The lowest BCUT2D eigenvalue weighted by Gasteiger charge is -2.21. The monoisotopic (exact) mass is 329 g/mol. The molecule has 0 saturated heterocycles. The van der Waals surface area contributed by atoms with Crippen LogP contribution in [0.1, 0.15) is 27.2 Å². The zero-order chi connectivity index (χ0) is 12.1. The number of hydrogen-bond acceptors (Lipinski definition) is 3. The number of carbonyl (C=O) groups is 2. The molecule has 1 atom stereocenters. The van der Waals surface area contributed by atoms with E-state index in [1.54, 1.807) is 20.8 Å². The number of hydrogen-bond donors (Lipinski definition) is 2. The van der Waals surface area contributed by atoms with Crippen LogP contribution in [0.25, 0.3) is 0 Å². The highest BCUT2D eigenvalue weighted by Gasteiger charge is 2.23. The van der Waals surface area contributed by atoms with Gasteiger partial charge in [-0.15, -0.1) is 0 Å². The van der Waals surface area contributed by atoms with E-state index in [-0.39, 0.29) is 0 Å². The zero-order valence-corrected chi connectivity index (χ0v) is 11.2. The van der Waals surface area contributed by atoms with Crippen LogP contribution in [0, 0.1) is 0 Å². The minimum Gasteiger partial charge on any atom is -0.480 e. The van der Waals surface area contributed by atoms with E-state index < -0.39 is 23.7 Å². The van der Waals surface area contributed by atoms with Crippen molar-refractivity contribution in [1.29, 1.82) is 0 Å². The van der Waals surface area contributed by atoms with Gasteiger partial charge in [0.25, 0.3) is 0 Å². The Hall–Kier alpha value is -0.530. The molecule has 0 aliphatic rings. The van der Waals surface area contributed by atoms with Crippen molar-refractivity contribution in [3.8, 4) is 0 Å². The Kier molecular flexibility index (Phi) is 5.92. The van der Waals surface area contributed by atoms with Crippen LogP contribution in [0.15, 0.2) is 0 Å². The predicted octanol–water partition coefficient (Wildman–Crippen LogP) is 1.79. The molecule has 1 amide bonds. The standard InChI is InChI=1S/C9H16INO4/c1-9(2,3)15-8(14)11-6(4-5-10)7(12)13/h6H,4-5H2,1-3H3,(H,11,14)(H,12,13)/t6-/m0/s1. The first-order valence-electron chi connectivity index (χ1n) is 4.54. The molecule has 0 aliphatic heterocycles. The summed E-state index contributed by atoms with van der Waals surface area (Å²) in [6.07, 6.45) is -0.311. The van der Waals surface area contributed by atoms with Crippen LogP contribution in [-0.2, 0) is 9.53 Å². The molecule has 0 aliphatic carbocycles. The molecule has 0 unspecified atom stereocenters. The molecule has 15 heavy (non-hydrogen) atoms. The number of alkyl carbamates (subject to hydrolysis) is 1. The maximum atomic E-state index is 11.2. The van der Waals surface area contributed by atoms with Crippen LogP contribution in [-0.4, -0.2) is 33.2 Å². The Balaban J connectivity index is 4.18. The summed E-state index contributed by atoms with van der Waals surface area (Å²) in [5.41, 5.74) is -0.614. The Labute approximate surface area is 103 Å². The third-order valence-corrected chi connectivity index (χ3v) is 2.01. The Morgan fingerprint density at radius 1 is 1.47 bits per heavy atom. The first kappa shape index (κ1) is 14.5. The normalized spacial score (nSPS) is 13.1. The fraction of sp³-hybridized carbons (Fsp3) is 0.778. The lowest BCUT2D eigenvalue weighted by molar-refractivity contribution is -0.139. The smallest absolute Gasteiger partial charge is 0.408 e. The molecule has 0 aromatic heterocycles. The summed E-state index contributed by atoms with van der Waals surface area (Å²) in [7, 11) is 0. The van der Waals surface area contributed by atoms with Crippen molar-refractivity contribution in [1.82, 2.24) is 5.32 Å². The van der Waals surface area contributed by atoms with Crippen LogP contribution in [0.3, 0.4) is 0 Å². The van der Waals surface area contributed by atoms with Gasteiger partial charge in [-0.25, -0.2) is 9.59 Å². The number of alkyl halides is 1. The minimum absolute atomic E-state index is 0.384. The van der Waals surface area contributed by atoms with E-state index in [0.29, 0.717) is 10.8 Å². The Bertz CT molecular complexity index is 237. The molecule has 6 heteroatoms. The summed E-state index contributed by atoms with van der Waals surface area (Å²) in [6.45, 7) is 5.17. The van der Waals surface area contributed by atoms with Crippen LogP contribution < -0.4 is 5.32 Å². The Morgan fingerprint density at radius 2 is 2.00 bits per heavy atom. The summed E-state index contributed by atoms with van der Waals surface area (Å²) in [6, 6.07) is -0.878. The third-order valence-electron chi connectivity index (χ3n) is 1.39. The third kappa shape index (κ3) is 7.40. The van der Waals surface area contributed by atoms with E-state index in [4.69, 9.17) is 9.84 Å². The van der Waals surface area contributed by atoms with E-state index in [1.807, 2.05) is 0 Å². The van der Waals surface area contributed by atoms with Crippen LogP contribution in [0.2, 0.25) is 0 Å². The summed E-state index contributed by atoms with van der Waals surface area (Å²) < 4.78 is 5.61. The topological polar surface area (TPSA) is 75.6 Å². The zero-order valence-electron chi connectivity index (χ0n) is 9.04. The number of amides is 1. The van der Waals surface area contributed by atoms with Crippen molar-refractivity contribution in [2.45, 2.75) is 38.8 Å². The number of carboxylic acid groups (broad SMARTS) is 1. The van der Waals surface area contributed by atoms with Crippen molar-refractivity contribution in [2.24, 2.45) is 0 Å². The van der Waals surface area contributed by atoms with Gasteiger partial charge in [0.15, 0.2) is 0 Å². The van der Waals surface area contributed by atoms with Crippen molar-refractivity contribution in [3.05, 3.63) is 0 Å². The summed E-state index contributed by atoms with van der Waals surface area (Å²) in [4.78, 5) is 22.0. The van der Waals surface area contributed by atoms with E-state index in [2.05, 4.69) is 27.9 Å².